The molecule has 0 fully saturated rings. The minimum atomic E-state index is -0.326. The fourth-order valence-corrected chi connectivity index (χ4v) is 3.08. The smallest absolute Gasteiger partial charge is 0.277 e. The summed E-state index contributed by atoms with van der Waals surface area (Å²) in [5, 5.41) is 8.18. The van der Waals surface area contributed by atoms with E-state index in [1.807, 2.05) is 24.3 Å². The Morgan fingerprint density at radius 2 is 1.81 bits per heavy atom. The van der Waals surface area contributed by atoms with Gasteiger partial charge in [0.25, 0.3) is 5.22 Å². The second-order valence-corrected chi connectivity index (χ2v) is 6.95. The van der Waals surface area contributed by atoms with Crippen LogP contribution in [0.5, 0.6) is 0 Å². The topological polar surface area (TPSA) is 56.0 Å². The summed E-state index contributed by atoms with van der Waals surface area (Å²) in [5.74, 6) is 0.683. The summed E-state index contributed by atoms with van der Waals surface area (Å²) in [7, 11) is 0. The molecule has 26 heavy (non-hydrogen) atoms. The molecule has 2 aromatic carbocycles. The van der Waals surface area contributed by atoms with E-state index < -0.39 is 0 Å². The lowest BCUT2D eigenvalue weighted by molar-refractivity contribution is 0.102. The summed E-state index contributed by atoms with van der Waals surface area (Å²) in [6.45, 7) is 4.31. The van der Waals surface area contributed by atoms with Crippen LogP contribution in [0.2, 0.25) is 0 Å². The van der Waals surface area contributed by atoms with Gasteiger partial charge in [-0.25, -0.2) is 4.39 Å². The molecule has 1 atom stereocenters. The third-order valence-corrected chi connectivity index (χ3v) is 5.06. The van der Waals surface area contributed by atoms with E-state index in [4.69, 9.17) is 4.42 Å². The molecule has 0 aliphatic rings. The fourth-order valence-electron chi connectivity index (χ4n) is 2.42. The van der Waals surface area contributed by atoms with Gasteiger partial charge < -0.3 is 4.42 Å². The molecule has 0 N–H and O–H groups in total. The Morgan fingerprint density at radius 1 is 1.12 bits per heavy atom. The second-order valence-electron chi connectivity index (χ2n) is 6.02. The van der Waals surface area contributed by atoms with Crippen molar-refractivity contribution in [2.24, 2.45) is 0 Å². The molecule has 0 unspecified atom stereocenters. The van der Waals surface area contributed by atoms with Gasteiger partial charge in [-0.05, 0) is 42.2 Å². The molecule has 3 rings (SSSR count). The summed E-state index contributed by atoms with van der Waals surface area (Å²) in [5.41, 5.74) is 2.54. The third-order valence-electron chi connectivity index (χ3n) is 4.24. The van der Waals surface area contributed by atoms with Gasteiger partial charge in [-0.2, -0.15) is 0 Å². The number of hydrogen-bond acceptors (Lipinski definition) is 5. The van der Waals surface area contributed by atoms with Crippen LogP contribution in [-0.2, 0) is 0 Å². The van der Waals surface area contributed by atoms with Gasteiger partial charge in [0.05, 0.1) is 5.75 Å². The third kappa shape index (κ3) is 4.38. The second kappa shape index (κ2) is 8.27. The standard InChI is InChI=1S/C20H19FN2O2S/c1-3-13(2)14-4-6-15(7-5-14)18(24)12-26-20-23-22-19(25-20)16-8-10-17(21)11-9-16/h4-11,13H,3,12H2,1-2H3/t13-/m1/s1. The number of thioether (sulfide) groups is 1. The van der Waals surface area contributed by atoms with E-state index in [1.54, 1.807) is 12.1 Å². The minimum absolute atomic E-state index is 0.00670. The van der Waals surface area contributed by atoms with E-state index in [0.717, 1.165) is 6.42 Å². The van der Waals surface area contributed by atoms with Gasteiger partial charge in [0, 0.05) is 11.1 Å². The van der Waals surface area contributed by atoms with Gasteiger partial charge in [0.2, 0.25) is 5.89 Å². The summed E-state index contributed by atoms with van der Waals surface area (Å²) in [4.78, 5) is 12.3. The molecule has 0 aliphatic carbocycles. The number of hydrogen-bond donors (Lipinski definition) is 0. The Kier molecular flexibility index (Phi) is 5.83. The Balaban J connectivity index is 1.60. The largest absolute Gasteiger partial charge is 0.411 e. The molecule has 0 aliphatic heterocycles. The first-order chi connectivity index (χ1) is 12.6. The number of nitrogens with zero attached hydrogens (tertiary/aromatic N) is 2. The highest BCUT2D eigenvalue weighted by atomic mass is 32.2. The van der Waals surface area contributed by atoms with E-state index in [2.05, 4.69) is 24.0 Å². The molecule has 1 heterocycles. The molecule has 0 amide bonds. The highest BCUT2D eigenvalue weighted by Crippen LogP contribution is 2.24. The van der Waals surface area contributed by atoms with Gasteiger partial charge in [-0.3, -0.25) is 4.79 Å². The van der Waals surface area contributed by atoms with Crippen LogP contribution in [0.3, 0.4) is 0 Å². The van der Waals surface area contributed by atoms with Crippen LogP contribution < -0.4 is 0 Å². The van der Waals surface area contributed by atoms with Crippen molar-refractivity contribution in [3.05, 3.63) is 65.5 Å². The van der Waals surface area contributed by atoms with Gasteiger partial charge >= 0.3 is 0 Å². The number of carbonyl (C=O) groups is 1. The Labute approximate surface area is 155 Å². The van der Waals surface area contributed by atoms with Gasteiger partial charge in [-0.15, -0.1) is 10.2 Å². The van der Waals surface area contributed by atoms with Gasteiger partial charge in [0.15, 0.2) is 5.78 Å². The van der Waals surface area contributed by atoms with Crippen LogP contribution in [0.25, 0.3) is 11.5 Å². The molecular weight excluding hydrogens is 351 g/mol. The lowest BCUT2D eigenvalue weighted by Gasteiger charge is -2.09. The average molecular weight is 370 g/mol. The lowest BCUT2D eigenvalue weighted by atomic mass is 9.97. The molecule has 0 radical (unpaired) electrons. The van der Waals surface area contributed by atoms with Crippen LogP contribution >= 0.6 is 11.8 Å². The molecule has 0 saturated carbocycles. The number of benzene rings is 2. The predicted octanol–water partition coefficient (Wildman–Crippen LogP) is 5.36. The van der Waals surface area contributed by atoms with Crippen LogP contribution in [-0.4, -0.2) is 21.7 Å². The zero-order valence-electron chi connectivity index (χ0n) is 14.6. The number of aromatic nitrogens is 2. The normalized spacial score (nSPS) is 12.1. The number of rotatable bonds is 7. The minimum Gasteiger partial charge on any atom is -0.411 e. The molecule has 0 saturated heterocycles. The first-order valence-electron chi connectivity index (χ1n) is 8.42. The van der Waals surface area contributed by atoms with Crippen molar-refractivity contribution in [1.82, 2.24) is 10.2 Å². The van der Waals surface area contributed by atoms with Gasteiger partial charge in [0.1, 0.15) is 5.82 Å². The summed E-state index contributed by atoms with van der Waals surface area (Å²) in [6, 6.07) is 13.5. The Hall–Kier alpha value is -2.47. The highest BCUT2D eigenvalue weighted by molar-refractivity contribution is 7.99. The van der Waals surface area contributed by atoms with E-state index in [-0.39, 0.29) is 17.4 Å². The van der Waals surface area contributed by atoms with E-state index in [1.165, 1.54) is 29.5 Å². The van der Waals surface area contributed by atoms with Gasteiger partial charge in [-0.1, -0.05) is 49.9 Å². The first-order valence-corrected chi connectivity index (χ1v) is 9.40. The quantitative estimate of drug-likeness (QED) is 0.414. The van der Waals surface area contributed by atoms with Crippen LogP contribution in [0, 0.1) is 5.82 Å². The van der Waals surface area contributed by atoms with Crippen molar-refractivity contribution in [3.63, 3.8) is 0 Å². The zero-order valence-corrected chi connectivity index (χ0v) is 15.4. The Bertz CT molecular complexity index is 876. The lowest BCUT2D eigenvalue weighted by Crippen LogP contribution is -2.03. The maximum absolute atomic E-state index is 13.0. The zero-order chi connectivity index (χ0) is 18.5. The van der Waals surface area contributed by atoms with Crippen molar-refractivity contribution in [1.29, 1.82) is 0 Å². The molecule has 0 bridgehead atoms. The predicted molar refractivity (Wildman–Crippen MR) is 99.9 cm³/mol. The number of carbonyl (C=O) groups excluding carboxylic acids is 1. The molecular formula is C20H19FN2O2S. The molecule has 1 aromatic heterocycles. The SMILES string of the molecule is CC[C@@H](C)c1ccc(C(=O)CSc2nnc(-c3ccc(F)cc3)o2)cc1. The Morgan fingerprint density at radius 3 is 2.46 bits per heavy atom. The van der Waals surface area contributed by atoms with E-state index >= 15 is 0 Å². The van der Waals surface area contributed by atoms with Crippen molar-refractivity contribution in [2.75, 3.05) is 5.75 Å². The molecule has 134 valence electrons. The van der Waals surface area contributed by atoms with Crippen LogP contribution in [0.1, 0.15) is 42.1 Å². The van der Waals surface area contributed by atoms with Crippen molar-refractivity contribution >= 4 is 17.5 Å². The average Bonchev–Trinajstić information content (AvgIpc) is 3.15. The monoisotopic (exact) mass is 370 g/mol. The maximum Gasteiger partial charge on any atom is 0.277 e. The maximum atomic E-state index is 13.0. The molecule has 6 heteroatoms. The number of ketones is 1. The van der Waals surface area contributed by atoms with E-state index in [9.17, 15) is 9.18 Å². The first kappa shape index (κ1) is 18.3. The molecule has 4 nitrogen and oxygen atoms in total. The molecule has 0 spiro atoms. The summed E-state index contributed by atoms with van der Waals surface area (Å²) in [6.07, 6.45) is 1.07. The number of Topliss-reactive ketones (excluding diaryl/α,β-unsaturated/α-hetero) is 1. The fraction of sp³-hybridized carbons (Fsp3) is 0.250. The van der Waals surface area contributed by atoms with E-state index in [0.29, 0.717) is 28.2 Å². The van der Waals surface area contributed by atoms with Crippen molar-refractivity contribution < 1.29 is 13.6 Å². The summed E-state index contributed by atoms with van der Waals surface area (Å²) >= 11 is 1.19. The van der Waals surface area contributed by atoms with Crippen LogP contribution in [0.15, 0.2) is 58.2 Å². The van der Waals surface area contributed by atoms with Crippen molar-refractivity contribution in [3.8, 4) is 11.5 Å². The number of halogens is 1. The summed E-state index contributed by atoms with van der Waals surface area (Å²) < 4.78 is 18.5. The van der Waals surface area contributed by atoms with Crippen molar-refractivity contribution in [2.45, 2.75) is 31.4 Å². The highest BCUT2D eigenvalue weighted by Gasteiger charge is 2.13. The molecule has 3 aromatic rings. The van der Waals surface area contributed by atoms with Crippen LogP contribution in [0.4, 0.5) is 4.39 Å².